The fourth-order valence-electron chi connectivity index (χ4n) is 2.40. The molecule has 100 valence electrons. The van der Waals surface area contributed by atoms with Crippen LogP contribution < -0.4 is 0 Å². The molecule has 0 aliphatic rings. The summed E-state index contributed by atoms with van der Waals surface area (Å²) in [5.74, 6) is 0.809. The molecule has 0 saturated heterocycles. The molecule has 2 heterocycles. The van der Waals surface area contributed by atoms with Gasteiger partial charge in [-0.3, -0.25) is 0 Å². The molecular weight excluding hydrogens is 260 g/mol. The number of furan rings is 1. The quantitative estimate of drug-likeness (QED) is 0.537. The number of hydrogen-bond acceptors (Lipinski definition) is 3. The lowest BCUT2D eigenvalue weighted by molar-refractivity contribution is 0.630. The second kappa shape index (κ2) is 4.87. The molecule has 0 unspecified atom stereocenters. The lowest BCUT2D eigenvalue weighted by Crippen LogP contribution is -1.85. The monoisotopic (exact) mass is 272 g/mol. The summed E-state index contributed by atoms with van der Waals surface area (Å²) in [6.07, 6.45) is 1.58. The zero-order chi connectivity index (χ0) is 14.1. The van der Waals surface area contributed by atoms with Crippen LogP contribution in [0.4, 0.5) is 0 Å². The molecule has 0 amide bonds. The first-order valence-electron chi connectivity index (χ1n) is 6.77. The van der Waals surface area contributed by atoms with E-state index in [0.717, 1.165) is 33.7 Å². The average Bonchev–Trinajstić information content (AvgIpc) is 3.00. The lowest BCUT2D eigenvalue weighted by atomic mass is 10.1. The Morgan fingerprint density at radius 1 is 0.714 bits per heavy atom. The number of aromatic nitrogens is 2. The van der Waals surface area contributed by atoms with E-state index in [1.807, 2.05) is 66.7 Å². The average molecular weight is 272 g/mol. The molecule has 0 N–H and O–H groups in total. The molecule has 4 aromatic rings. The maximum Gasteiger partial charge on any atom is 0.179 e. The largest absolute Gasteiger partial charge is 0.452 e. The van der Waals surface area contributed by atoms with Crippen molar-refractivity contribution in [3.05, 3.63) is 73.1 Å². The zero-order valence-corrected chi connectivity index (χ0v) is 11.2. The third kappa shape index (κ3) is 2.09. The third-order valence-corrected chi connectivity index (χ3v) is 3.42. The maximum atomic E-state index is 6.01. The molecule has 0 fully saturated rings. The summed E-state index contributed by atoms with van der Waals surface area (Å²) in [5.41, 5.74) is 4.43. The number of rotatable bonds is 2. The van der Waals surface area contributed by atoms with Crippen molar-refractivity contribution in [1.29, 1.82) is 0 Å². The summed E-state index contributed by atoms with van der Waals surface area (Å²) in [7, 11) is 0. The van der Waals surface area contributed by atoms with Gasteiger partial charge in [0.05, 0.1) is 0 Å². The molecule has 0 aliphatic heterocycles. The SMILES string of the molecule is c1ccc(-c2cc3ncnc(-c4ccccc4)c3o2)cc1. The first-order valence-corrected chi connectivity index (χ1v) is 6.77. The molecule has 3 heteroatoms. The molecular formula is C18H12N2O. The third-order valence-electron chi connectivity index (χ3n) is 3.42. The van der Waals surface area contributed by atoms with Crippen LogP contribution in [-0.4, -0.2) is 9.97 Å². The van der Waals surface area contributed by atoms with Gasteiger partial charge in [0.1, 0.15) is 23.3 Å². The smallest absolute Gasteiger partial charge is 0.179 e. The van der Waals surface area contributed by atoms with Crippen molar-refractivity contribution in [3.8, 4) is 22.6 Å². The highest BCUT2D eigenvalue weighted by Gasteiger charge is 2.12. The number of benzene rings is 2. The molecule has 0 atom stereocenters. The van der Waals surface area contributed by atoms with Gasteiger partial charge in [-0.2, -0.15) is 0 Å². The van der Waals surface area contributed by atoms with Crippen LogP contribution in [0.15, 0.2) is 77.5 Å². The second-order valence-corrected chi connectivity index (χ2v) is 4.78. The molecule has 3 nitrogen and oxygen atoms in total. The molecule has 0 aliphatic carbocycles. The van der Waals surface area contributed by atoms with E-state index >= 15 is 0 Å². The minimum Gasteiger partial charge on any atom is -0.452 e. The van der Waals surface area contributed by atoms with Gasteiger partial charge in [0.15, 0.2) is 5.58 Å². The summed E-state index contributed by atoms with van der Waals surface area (Å²) in [6.45, 7) is 0. The Morgan fingerprint density at radius 3 is 2.10 bits per heavy atom. The molecule has 4 rings (SSSR count). The van der Waals surface area contributed by atoms with E-state index in [9.17, 15) is 0 Å². The first kappa shape index (κ1) is 11.9. The zero-order valence-electron chi connectivity index (χ0n) is 11.2. The summed E-state index contributed by atoms with van der Waals surface area (Å²) in [4.78, 5) is 8.69. The Labute approximate surface area is 121 Å². The fourth-order valence-corrected chi connectivity index (χ4v) is 2.40. The Balaban J connectivity index is 1.93. The second-order valence-electron chi connectivity index (χ2n) is 4.78. The van der Waals surface area contributed by atoms with Gasteiger partial charge in [-0.05, 0) is 0 Å². The Bertz CT molecular complexity index is 883. The minimum absolute atomic E-state index is 0.725. The van der Waals surface area contributed by atoms with Crippen molar-refractivity contribution in [2.75, 3.05) is 0 Å². The van der Waals surface area contributed by atoms with Gasteiger partial charge in [-0.1, -0.05) is 60.7 Å². The molecule has 0 radical (unpaired) electrons. The van der Waals surface area contributed by atoms with Crippen molar-refractivity contribution in [2.45, 2.75) is 0 Å². The van der Waals surface area contributed by atoms with Crippen LogP contribution in [-0.2, 0) is 0 Å². The van der Waals surface area contributed by atoms with Crippen molar-refractivity contribution in [3.63, 3.8) is 0 Å². The van der Waals surface area contributed by atoms with Crippen LogP contribution in [0, 0.1) is 0 Å². The highest BCUT2D eigenvalue weighted by Crippen LogP contribution is 2.31. The fraction of sp³-hybridized carbons (Fsp3) is 0. The predicted molar refractivity (Wildman–Crippen MR) is 82.7 cm³/mol. The van der Waals surface area contributed by atoms with Gasteiger partial charge >= 0.3 is 0 Å². The van der Waals surface area contributed by atoms with E-state index in [-0.39, 0.29) is 0 Å². The van der Waals surface area contributed by atoms with Gasteiger partial charge < -0.3 is 4.42 Å². The molecule has 21 heavy (non-hydrogen) atoms. The Hall–Kier alpha value is -2.94. The van der Waals surface area contributed by atoms with E-state index in [1.165, 1.54) is 0 Å². The van der Waals surface area contributed by atoms with Crippen LogP contribution >= 0.6 is 0 Å². The van der Waals surface area contributed by atoms with Gasteiger partial charge in [0.25, 0.3) is 0 Å². The predicted octanol–water partition coefficient (Wildman–Crippen LogP) is 4.56. The van der Waals surface area contributed by atoms with Crippen LogP contribution in [0.5, 0.6) is 0 Å². The number of nitrogens with zero attached hydrogens (tertiary/aromatic N) is 2. The van der Waals surface area contributed by atoms with Crippen LogP contribution in [0.3, 0.4) is 0 Å². The van der Waals surface area contributed by atoms with Crippen molar-refractivity contribution in [2.24, 2.45) is 0 Å². The van der Waals surface area contributed by atoms with E-state index in [1.54, 1.807) is 6.33 Å². The van der Waals surface area contributed by atoms with E-state index in [2.05, 4.69) is 9.97 Å². The normalized spacial score (nSPS) is 10.9. The highest BCUT2D eigenvalue weighted by molar-refractivity contribution is 5.90. The topological polar surface area (TPSA) is 38.9 Å². The van der Waals surface area contributed by atoms with Gasteiger partial charge in [0, 0.05) is 17.2 Å². The van der Waals surface area contributed by atoms with E-state index in [0.29, 0.717) is 0 Å². The van der Waals surface area contributed by atoms with Crippen molar-refractivity contribution >= 4 is 11.1 Å². The van der Waals surface area contributed by atoms with Crippen LogP contribution in [0.1, 0.15) is 0 Å². The highest BCUT2D eigenvalue weighted by atomic mass is 16.3. The molecule has 2 aromatic heterocycles. The van der Waals surface area contributed by atoms with Gasteiger partial charge in [0.2, 0.25) is 0 Å². The number of fused-ring (bicyclic) bond motifs is 1. The van der Waals surface area contributed by atoms with Gasteiger partial charge in [-0.25, -0.2) is 9.97 Å². The van der Waals surface area contributed by atoms with Crippen LogP contribution in [0.25, 0.3) is 33.7 Å². The van der Waals surface area contributed by atoms with Gasteiger partial charge in [-0.15, -0.1) is 0 Å². The first-order chi connectivity index (χ1) is 10.4. The summed E-state index contributed by atoms with van der Waals surface area (Å²) < 4.78 is 6.01. The van der Waals surface area contributed by atoms with E-state index < -0.39 is 0 Å². The molecule has 2 aromatic carbocycles. The standard InChI is InChI=1S/C18H12N2O/c1-3-7-13(8-4-1)16-11-15-18(21-16)17(20-12-19-15)14-9-5-2-6-10-14/h1-12H. The van der Waals surface area contributed by atoms with Crippen molar-refractivity contribution in [1.82, 2.24) is 9.97 Å². The molecule has 0 bridgehead atoms. The molecule has 0 saturated carbocycles. The Kier molecular flexibility index (Phi) is 2.75. The minimum atomic E-state index is 0.725. The van der Waals surface area contributed by atoms with Crippen LogP contribution in [0.2, 0.25) is 0 Å². The maximum absolute atomic E-state index is 6.01. The summed E-state index contributed by atoms with van der Waals surface area (Å²) >= 11 is 0. The Morgan fingerprint density at radius 2 is 1.38 bits per heavy atom. The summed E-state index contributed by atoms with van der Waals surface area (Å²) in [6, 6.07) is 22.0. The number of hydrogen-bond donors (Lipinski definition) is 0. The van der Waals surface area contributed by atoms with Crippen molar-refractivity contribution < 1.29 is 4.42 Å². The lowest BCUT2D eigenvalue weighted by Gasteiger charge is -2.00. The van der Waals surface area contributed by atoms with E-state index in [4.69, 9.17) is 4.42 Å². The summed E-state index contributed by atoms with van der Waals surface area (Å²) in [5, 5.41) is 0. The molecule has 0 spiro atoms.